The normalized spacial score (nSPS) is 12.1. The van der Waals surface area contributed by atoms with Crippen molar-refractivity contribution < 1.29 is 14.1 Å². The first-order chi connectivity index (χ1) is 19.7. The molecule has 0 atom stereocenters. The molecule has 0 aliphatic carbocycles. The first-order valence-electron chi connectivity index (χ1n) is 12.4. The first-order valence-corrected chi connectivity index (χ1v) is 13.2. The Hall–Kier alpha value is -5.53. The minimum absolute atomic E-state index is 0.0363. The van der Waals surface area contributed by atoms with Gasteiger partial charge >= 0.3 is 0 Å². The average Bonchev–Trinajstić information content (AvgIpc) is 3.56. The van der Waals surface area contributed by atoms with Crippen LogP contribution in [0.4, 0.5) is 11.4 Å². The summed E-state index contributed by atoms with van der Waals surface area (Å²) in [5, 5.41) is 23.8. The van der Waals surface area contributed by atoms with Crippen molar-refractivity contribution in [1.29, 1.82) is 5.26 Å². The molecule has 5 aromatic rings. The Labute approximate surface area is 237 Å². The van der Waals surface area contributed by atoms with Crippen molar-refractivity contribution in [2.24, 2.45) is 0 Å². The van der Waals surface area contributed by atoms with Gasteiger partial charge in [0, 0.05) is 29.5 Å². The number of rotatable bonds is 6. The molecule has 0 aliphatic rings. The van der Waals surface area contributed by atoms with Gasteiger partial charge in [0.25, 0.3) is 17.2 Å². The zero-order chi connectivity index (χ0) is 29.1. The third-order valence-electron chi connectivity index (χ3n) is 6.29. The molecule has 2 aromatic heterocycles. The largest absolute Gasteiger partial charge is 0.457 e. The van der Waals surface area contributed by atoms with E-state index in [1.165, 1.54) is 16.7 Å². The highest BCUT2D eigenvalue weighted by molar-refractivity contribution is 7.07. The monoisotopic (exact) mass is 562 g/mol. The van der Waals surface area contributed by atoms with Gasteiger partial charge in [0.15, 0.2) is 5.57 Å². The number of nitriles is 1. The molecule has 5 rings (SSSR count). The molecule has 202 valence electrons. The van der Waals surface area contributed by atoms with E-state index in [9.17, 15) is 25.0 Å². The highest BCUT2D eigenvalue weighted by atomic mass is 32.1. The van der Waals surface area contributed by atoms with Gasteiger partial charge in [0.2, 0.25) is 0 Å². The van der Waals surface area contributed by atoms with Crippen molar-refractivity contribution in [3.63, 3.8) is 0 Å². The van der Waals surface area contributed by atoms with Gasteiger partial charge in [-0.2, -0.15) is 5.26 Å². The standard InChI is InChI=1S/C31H22N4O5S/c1-19-8-9-20(2)26(16-19)33-29(36)25(18-32)31-34(22-6-4-3-5-7-22)30(37)28(41-31)17-24-14-15-27(40-24)21-10-12-23(13-11-21)35(38)39/h3-17H,1-2H3,(H,33,36)/b28-17+,31-25+. The summed E-state index contributed by atoms with van der Waals surface area (Å²) in [6, 6.07) is 25.7. The molecular weight excluding hydrogens is 540 g/mol. The van der Waals surface area contributed by atoms with Gasteiger partial charge in [-0.05, 0) is 67.4 Å². The molecule has 0 saturated carbocycles. The molecule has 0 spiro atoms. The van der Waals surface area contributed by atoms with Crippen LogP contribution >= 0.6 is 11.3 Å². The lowest BCUT2D eigenvalue weighted by atomic mass is 10.1. The van der Waals surface area contributed by atoms with E-state index >= 15 is 0 Å². The molecule has 1 N–H and O–H groups in total. The zero-order valence-electron chi connectivity index (χ0n) is 22.0. The summed E-state index contributed by atoms with van der Waals surface area (Å²) >= 11 is 1.00. The molecule has 10 heteroatoms. The first kappa shape index (κ1) is 27.1. The number of hydrogen-bond acceptors (Lipinski definition) is 7. The fourth-order valence-electron chi connectivity index (χ4n) is 4.17. The van der Waals surface area contributed by atoms with Crippen LogP contribution < -0.4 is 20.1 Å². The predicted molar refractivity (Wildman–Crippen MR) is 157 cm³/mol. The number of aromatic nitrogens is 1. The van der Waals surface area contributed by atoms with Gasteiger partial charge in [0.1, 0.15) is 22.3 Å². The van der Waals surface area contributed by atoms with E-state index in [4.69, 9.17) is 4.42 Å². The number of nitro benzene ring substituents is 1. The molecule has 0 saturated heterocycles. The second kappa shape index (κ2) is 11.3. The van der Waals surface area contributed by atoms with Crippen molar-refractivity contribution in [2.45, 2.75) is 13.8 Å². The fourth-order valence-corrected chi connectivity index (χ4v) is 5.26. The maximum absolute atomic E-state index is 13.7. The van der Waals surface area contributed by atoms with E-state index in [-0.39, 0.29) is 20.5 Å². The summed E-state index contributed by atoms with van der Waals surface area (Å²) in [6.45, 7) is 3.76. The summed E-state index contributed by atoms with van der Waals surface area (Å²) in [4.78, 5) is 37.5. The molecule has 0 bridgehead atoms. The molecule has 0 aliphatic heterocycles. The lowest BCUT2D eigenvalue weighted by Crippen LogP contribution is -2.32. The molecule has 0 radical (unpaired) electrons. The van der Waals surface area contributed by atoms with Gasteiger partial charge in [-0.3, -0.25) is 24.3 Å². The number of aryl methyl sites for hydroxylation is 2. The lowest BCUT2D eigenvalue weighted by molar-refractivity contribution is -0.384. The van der Waals surface area contributed by atoms with Gasteiger partial charge in [-0.25, -0.2) is 0 Å². The van der Waals surface area contributed by atoms with Crippen LogP contribution in [-0.2, 0) is 4.79 Å². The van der Waals surface area contributed by atoms with E-state index in [0.29, 0.717) is 28.5 Å². The minimum Gasteiger partial charge on any atom is -0.457 e. The fraction of sp³-hybridized carbons (Fsp3) is 0.0645. The number of anilines is 1. The van der Waals surface area contributed by atoms with Crippen molar-refractivity contribution in [3.05, 3.63) is 131 Å². The number of carbonyl (C=O) groups excluding carboxylic acids is 1. The van der Waals surface area contributed by atoms with Crippen molar-refractivity contribution in [2.75, 3.05) is 5.32 Å². The molecule has 9 nitrogen and oxygen atoms in total. The smallest absolute Gasteiger partial charge is 0.273 e. The molecule has 3 aromatic carbocycles. The van der Waals surface area contributed by atoms with Crippen molar-refractivity contribution in [1.82, 2.24) is 4.57 Å². The minimum atomic E-state index is -0.628. The van der Waals surface area contributed by atoms with Crippen LogP contribution in [0.2, 0.25) is 0 Å². The SMILES string of the molecule is Cc1ccc(C)c(NC(=O)/C(C#N)=c2/s/c(=C/c3ccc(-c4ccc([N+](=O)[O-])cc4)o3)c(=O)n2-c2ccccc2)c1. The third kappa shape index (κ3) is 5.61. The Bertz CT molecular complexity index is 2010. The highest BCUT2D eigenvalue weighted by Crippen LogP contribution is 2.25. The number of para-hydroxylation sites is 1. The predicted octanol–water partition coefficient (Wildman–Crippen LogP) is 4.83. The summed E-state index contributed by atoms with van der Waals surface area (Å²) in [7, 11) is 0. The Kier molecular flexibility index (Phi) is 7.45. The topological polar surface area (TPSA) is 131 Å². The van der Waals surface area contributed by atoms with Crippen LogP contribution in [0.1, 0.15) is 16.9 Å². The number of nitrogens with one attached hydrogen (secondary N) is 1. The van der Waals surface area contributed by atoms with E-state index in [1.807, 2.05) is 38.1 Å². The highest BCUT2D eigenvalue weighted by Gasteiger charge is 2.18. The molecule has 2 heterocycles. The number of benzene rings is 3. The average molecular weight is 563 g/mol. The number of carbonyl (C=O) groups is 1. The van der Waals surface area contributed by atoms with Crippen molar-refractivity contribution >= 4 is 40.3 Å². The van der Waals surface area contributed by atoms with Crippen LogP contribution in [0.5, 0.6) is 0 Å². The maximum Gasteiger partial charge on any atom is 0.273 e. The number of thiazole rings is 1. The Morgan fingerprint density at radius 2 is 1.78 bits per heavy atom. The number of amides is 1. The number of hydrogen-bond donors (Lipinski definition) is 1. The summed E-state index contributed by atoms with van der Waals surface area (Å²) in [5.41, 5.74) is 2.83. The summed E-state index contributed by atoms with van der Waals surface area (Å²) in [5.74, 6) is 0.197. The van der Waals surface area contributed by atoms with Crippen LogP contribution in [0.25, 0.3) is 28.7 Å². The van der Waals surface area contributed by atoms with Gasteiger partial charge in [-0.1, -0.05) is 30.3 Å². The summed E-state index contributed by atoms with van der Waals surface area (Å²) < 4.78 is 7.68. The third-order valence-corrected chi connectivity index (χ3v) is 7.39. The number of furan rings is 1. The maximum atomic E-state index is 13.7. The number of nitrogens with zero attached hydrogens (tertiary/aromatic N) is 3. The van der Waals surface area contributed by atoms with E-state index in [0.717, 1.165) is 22.5 Å². The molecule has 41 heavy (non-hydrogen) atoms. The Balaban J connectivity index is 1.63. The van der Waals surface area contributed by atoms with Gasteiger partial charge in [0.05, 0.1) is 15.1 Å². The second-order valence-electron chi connectivity index (χ2n) is 9.16. The van der Waals surface area contributed by atoms with E-state index < -0.39 is 16.4 Å². The molecule has 0 fully saturated rings. The zero-order valence-corrected chi connectivity index (χ0v) is 22.8. The quantitative estimate of drug-likeness (QED) is 0.233. The molecule has 1 amide bonds. The van der Waals surface area contributed by atoms with E-state index in [1.54, 1.807) is 60.7 Å². The van der Waals surface area contributed by atoms with Crippen LogP contribution in [0.3, 0.4) is 0 Å². The number of non-ortho nitro benzene ring substituents is 1. The Morgan fingerprint density at radius 3 is 2.46 bits per heavy atom. The van der Waals surface area contributed by atoms with Crippen LogP contribution in [0.15, 0.2) is 94.1 Å². The lowest BCUT2D eigenvalue weighted by Gasteiger charge is -2.09. The Morgan fingerprint density at radius 1 is 1.05 bits per heavy atom. The van der Waals surface area contributed by atoms with Gasteiger partial charge in [-0.15, -0.1) is 11.3 Å². The van der Waals surface area contributed by atoms with Crippen LogP contribution in [0, 0.1) is 35.3 Å². The van der Waals surface area contributed by atoms with Gasteiger partial charge < -0.3 is 9.73 Å². The molecular formula is C31H22N4O5S. The molecule has 0 unspecified atom stereocenters. The summed E-state index contributed by atoms with van der Waals surface area (Å²) in [6.07, 6.45) is 1.54. The van der Waals surface area contributed by atoms with E-state index in [2.05, 4.69) is 5.32 Å². The second-order valence-corrected chi connectivity index (χ2v) is 10.2. The van der Waals surface area contributed by atoms with Crippen molar-refractivity contribution in [3.8, 4) is 23.1 Å². The van der Waals surface area contributed by atoms with Crippen LogP contribution in [-0.4, -0.2) is 15.4 Å². The number of nitro groups is 1.